The first-order valence-electron chi connectivity index (χ1n) is 2.20. The van der Waals surface area contributed by atoms with Crippen LogP contribution in [0.4, 0.5) is 13.2 Å². The van der Waals surface area contributed by atoms with Crippen molar-refractivity contribution in [2.75, 3.05) is 6.54 Å². The van der Waals surface area contributed by atoms with E-state index in [9.17, 15) is 18.3 Å². The minimum Gasteiger partial charge on any atom is -0.856 e. The average molecular weight is 150 g/mol. The third-order valence-electron chi connectivity index (χ3n) is 0.556. The van der Waals surface area contributed by atoms with Crippen LogP contribution in [0, 0.1) is 12.3 Å². The molecule has 2 nitrogen and oxygen atoms in total. The Labute approximate surface area is 55.4 Å². The summed E-state index contributed by atoms with van der Waals surface area (Å²) in [6.45, 7) is -0.529. The van der Waals surface area contributed by atoms with Crippen LogP contribution in [0.15, 0.2) is 4.99 Å². The summed E-state index contributed by atoms with van der Waals surface area (Å²) in [5.41, 5.74) is 0. The Bertz CT molecular complexity index is 176. The molecule has 0 unspecified atom stereocenters. The van der Waals surface area contributed by atoms with Crippen LogP contribution in [0.5, 0.6) is 0 Å². The van der Waals surface area contributed by atoms with Crippen molar-refractivity contribution in [1.29, 1.82) is 0 Å². The van der Waals surface area contributed by atoms with Crippen LogP contribution in [0.25, 0.3) is 0 Å². The number of hydrogen-bond acceptors (Lipinski definition) is 2. The number of rotatable bonds is 1. The Kier molecular flexibility index (Phi) is 2.74. The maximum atomic E-state index is 11.3. The van der Waals surface area contributed by atoms with E-state index < -0.39 is 18.6 Å². The Morgan fingerprint density at radius 3 is 2.40 bits per heavy atom. The van der Waals surface area contributed by atoms with Crippen LogP contribution in [-0.2, 0) is 0 Å². The van der Waals surface area contributed by atoms with E-state index in [2.05, 4.69) is 11.4 Å². The van der Waals surface area contributed by atoms with E-state index in [1.54, 1.807) is 5.92 Å². The van der Waals surface area contributed by atoms with Gasteiger partial charge in [0, 0.05) is 0 Å². The van der Waals surface area contributed by atoms with E-state index in [-0.39, 0.29) is 0 Å². The first-order valence-corrected chi connectivity index (χ1v) is 2.20. The number of halogens is 3. The van der Waals surface area contributed by atoms with Gasteiger partial charge in [0.25, 0.3) is 0 Å². The normalized spacial score (nSPS) is 12.8. The standard InChI is InChI=1S/C5H4F3NO/c1-2-3-9-4(10)5(6,7)8/h1H,3H2,(H,9,10)/p-1. The van der Waals surface area contributed by atoms with Crippen LogP contribution in [0.3, 0.4) is 0 Å². The lowest BCUT2D eigenvalue weighted by Gasteiger charge is -2.12. The second-order valence-electron chi connectivity index (χ2n) is 1.32. The first-order chi connectivity index (χ1) is 4.48. The van der Waals surface area contributed by atoms with Gasteiger partial charge in [0.15, 0.2) is 0 Å². The lowest BCUT2D eigenvalue weighted by atomic mass is 10.6. The van der Waals surface area contributed by atoms with Crippen molar-refractivity contribution in [2.45, 2.75) is 6.18 Å². The number of nitrogens with zero attached hydrogens (tertiary/aromatic N) is 1. The third-order valence-corrected chi connectivity index (χ3v) is 0.556. The molecule has 0 aromatic carbocycles. The summed E-state index contributed by atoms with van der Waals surface area (Å²) in [6, 6.07) is 0. The summed E-state index contributed by atoms with van der Waals surface area (Å²) < 4.78 is 33.8. The van der Waals surface area contributed by atoms with E-state index >= 15 is 0 Å². The van der Waals surface area contributed by atoms with Crippen molar-refractivity contribution in [3.63, 3.8) is 0 Å². The fraction of sp³-hybridized carbons (Fsp3) is 0.400. The topological polar surface area (TPSA) is 35.4 Å². The molecule has 0 aliphatic rings. The van der Waals surface area contributed by atoms with Crippen molar-refractivity contribution in [3.8, 4) is 12.3 Å². The Morgan fingerprint density at radius 1 is 1.60 bits per heavy atom. The zero-order valence-corrected chi connectivity index (χ0v) is 4.77. The SMILES string of the molecule is C#CCN=C([O-])C(F)(F)F. The Balaban J connectivity index is 4.09. The van der Waals surface area contributed by atoms with Gasteiger partial charge < -0.3 is 5.11 Å². The molecule has 0 spiro atoms. The lowest BCUT2D eigenvalue weighted by molar-refractivity contribution is -0.262. The lowest BCUT2D eigenvalue weighted by Crippen LogP contribution is -2.35. The van der Waals surface area contributed by atoms with E-state index in [0.717, 1.165) is 0 Å². The van der Waals surface area contributed by atoms with Gasteiger partial charge in [-0.2, -0.15) is 13.2 Å². The van der Waals surface area contributed by atoms with Crippen LogP contribution < -0.4 is 5.11 Å². The van der Waals surface area contributed by atoms with Gasteiger partial charge in [-0.3, -0.25) is 4.99 Å². The molecule has 0 aromatic heterocycles. The Morgan fingerprint density at radius 2 is 2.10 bits per heavy atom. The van der Waals surface area contributed by atoms with Gasteiger partial charge in [-0.05, 0) is 0 Å². The maximum absolute atomic E-state index is 11.3. The number of terminal acetylenes is 1. The summed E-state index contributed by atoms with van der Waals surface area (Å²) >= 11 is 0. The Hall–Kier alpha value is -1.18. The highest BCUT2D eigenvalue weighted by molar-refractivity contribution is 5.77. The zero-order chi connectivity index (χ0) is 8.20. The van der Waals surface area contributed by atoms with Gasteiger partial charge in [0.1, 0.15) is 0 Å². The highest BCUT2D eigenvalue weighted by Gasteiger charge is 2.27. The van der Waals surface area contributed by atoms with Gasteiger partial charge in [0.05, 0.1) is 12.4 Å². The van der Waals surface area contributed by atoms with Crippen molar-refractivity contribution in [2.24, 2.45) is 4.99 Å². The van der Waals surface area contributed by atoms with E-state index in [1.807, 2.05) is 0 Å². The highest BCUT2D eigenvalue weighted by atomic mass is 19.4. The molecule has 0 fully saturated rings. The molecular weight excluding hydrogens is 147 g/mol. The highest BCUT2D eigenvalue weighted by Crippen LogP contribution is 2.13. The molecule has 0 radical (unpaired) electrons. The van der Waals surface area contributed by atoms with E-state index in [0.29, 0.717) is 0 Å². The molecule has 56 valence electrons. The molecule has 0 aliphatic heterocycles. The van der Waals surface area contributed by atoms with Crippen LogP contribution >= 0.6 is 0 Å². The second kappa shape index (κ2) is 3.11. The maximum Gasteiger partial charge on any atom is 0.419 e. The average Bonchev–Trinajstić information content (AvgIpc) is 1.80. The minimum absolute atomic E-state index is 0.529. The van der Waals surface area contributed by atoms with Crippen LogP contribution in [-0.4, -0.2) is 18.6 Å². The molecule has 0 atom stereocenters. The summed E-state index contributed by atoms with van der Waals surface area (Å²) in [4.78, 5) is 2.51. The molecule has 0 heterocycles. The molecule has 0 aliphatic carbocycles. The predicted molar refractivity (Wildman–Crippen MR) is 27.2 cm³/mol. The second-order valence-corrected chi connectivity index (χ2v) is 1.32. The molecule has 0 bridgehead atoms. The van der Waals surface area contributed by atoms with Crippen LogP contribution in [0.1, 0.15) is 0 Å². The van der Waals surface area contributed by atoms with E-state index in [4.69, 9.17) is 0 Å². The fourth-order valence-electron chi connectivity index (χ4n) is 0.207. The van der Waals surface area contributed by atoms with Crippen molar-refractivity contribution in [1.82, 2.24) is 0 Å². The van der Waals surface area contributed by atoms with Gasteiger partial charge in [-0.15, -0.1) is 6.42 Å². The van der Waals surface area contributed by atoms with Crippen molar-refractivity contribution >= 4 is 5.90 Å². The molecular formula is C5H3F3NO-. The predicted octanol–water partition coefficient (Wildman–Crippen LogP) is -0.0593. The zero-order valence-electron chi connectivity index (χ0n) is 4.77. The van der Waals surface area contributed by atoms with Gasteiger partial charge in [-0.1, -0.05) is 5.92 Å². The van der Waals surface area contributed by atoms with Gasteiger partial charge in [-0.25, -0.2) is 0 Å². The molecule has 5 heteroatoms. The molecule has 10 heavy (non-hydrogen) atoms. The third kappa shape index (κ3) is 2.97. The monoisotopic (exact) mass is 150 g/mol. The van der Waals surface area contributed by atoms with Gasteiger partial charge in [0.2, 0.25) is 0 Å². The molecule has 0 rings (SSSR count). The quantitative estimate of drug-likeness (QED) is 0.293. The fourth-order valence-corrected chi connectivity index (χ4v) is 0.207. The van der Waals surface area contributed by atoms with Crippen LogP contribution in [0.2, 0.25) is 0 Å². The molecule has 0 saturated heterocycles. The molecule has 0 N–H and O–H groups in total. The summed E-state index contributed by atoms with van der Waals surface area (Å²) in [6.07, 6.45) is -0.335. The van der Waals surface area contributed by atoms with E-state index in [1.165, 1.54) is 0 Å². The summed E-state index contributed by atoms with van der Waals surface area (Å²) in [5.74, 6) is -0.351. The summed E-state index contributed by atoms with van der Waals surface area (Å²) in [5, 5.41) is 9.84. The molecule has 0 aromatic rings. The largest absolute Gasteiger partial charge is 0.856 e. The minimum atomic E-state index is -4.89. The number of hydrogen-bond donors (Lipinski definition) is 0. The number of alkyl halides is 3. The van der Waals surface area contributed by atoms with Gasteiger partial charge >= 0.3 is 6.18 Å². The molecule has 0 amide bonds. The molecule has 0 saturated carbocycles. The number of aliphatic imine (C=N–C) groups is 1. The smallest absolute Gasteiger partial charge is 0.419 e. The van der Waals surface area contributed by atoms with Crippen molar-refractivity contribution < 1.29 is 18.3 Å². The first kappa shape index (κ1) is 8.82. The summed E-state index contributed by atoms with van der Waals surface area (Å²) in [7, 11) is 0. The van der Waals surface area contributed by atoms with Crippen molar-refractivity contribution in [3.05, 3.63) is 0 Å².